The summed E-state index contributed by atoms with van der Waals surface area (Å²) in [5.41, 5.74) is 1.72. The van der Waals surface area contributed by atoms with E-state index in [1.807, 2.05) is 25.1 Å². The molecule has 122 valence electrons. The van der Waals surface area contributed by atoms with Crippen LogP contribution in [0.3, 0.4) is 0 Å². The van der Waals surface area contributed by atoms with E-state index >= 15 is 0 Å². The minimum absolute atomic E-state index is 0.00361. The Kier molecular flexibility index (Phi) is 5.94. The highest BCUT2D eigenvalue weighted by molar-refractivity contribution is 5.89. The molecule has 6 heteroatoms. The number of nitrogens with one attached hydrogen (secondary N) is 2. The fourth-order valence-electron chi connectivity index (χ4n) is 1.89. The molecule has 2 rings (SSSR count). The molecule has 1 unspecified atom stereocenters. The molecule has 0 saturated carbocycles. The molecule has 0 fully saturated rings. The molecule has 1 atom stereocenters. The molecule has 0 radical (unpaired) electrons. The average Bonchev–Trinajstić information content (AvgIpc) is 2.52. The van der Waals surface area contributed by atoms with Crippen LogP contribution in [0.25, 0.3) is 0 Å². The molecule has 0 spiro atoms. The lowest BCUT2D eigenvalue weighted by Crippen LogP contribution is -2.37. The van der Waals surface area contributed by atoms with Crippen molar-refractivity contribution in [2.75, 3.05) is 18.5 Å². The normalized spacial score (nSPS) is 11.6. The zero-order valence-electron chi connectivity index (χ0n) is 12.8. The number of amides is 2. The SMILES string of the molecule is Cc1cccc(NC(=O)NCC(O)COc2ccc(F)cc2)c1. The highest BCUT2D eigenvalue weighted by Gasteiger charge is 2.08. The summed E-state index contributed by atoms with van der Waals surface area (Å²) in [6.45, 7) is 1.97. The summed E-state index contributed by atoms with van der Waals surface area (Å²) in [6, 6.07) is 12.5. The van der Waals surface area contributed by atoms with Crippen molar-refractivity contribution in [2.24, 2.45) is 0 Å². The molecule has 23 heavy (non-hydrogen) atoms. The van der Waals surface area contributed by atoms with Crippen LogP contribution in [0.4, 0.5) is 14.9 Å². The molecule has 0 aliphatic heterocycles. The lowest BCUT2D eigenvalue weighted by atomic mass is 10.2. The van der Waals surface area contributed by atoms with Crippen LogP contribution in [0.15, 0.2) is 48.5 Å². The summed E-state index contributed by atoms with van der Waals surface area (Å²) in [6.07, 6.45) is -0.872. The molecule has 2 aromatic carbocycles. The van der Waals surface area contributed by atoms with Gasteiger partial charge in [-0.05, 0) is 48.9 Å². The molecule has 2 amide bonds. The van der Waals surface area contributed by atoms with Gasteiger partial charge in [-0.25, -0.2) is 9.18 Å². The van der Waals surface area contributed by atoms with Crippen LogP contribution >= 0.6 is 0 Å². The second kappa shape index (κ2) is 8.14. The number of aliphatic hydroxyl groups is 1. The fourth-order valence-corrected chi connectivity index (χ4v) is 1.89. The Balaban J connectivity index is 1.70. The van der Waals surface area contributed by atoms with Gasteiger partial charge in [-0.15, -0.1) is 0 Å². The van der Waals surface area contributed by atoms with Crippen molar-refractivity contribution in [3.05, 3.63) is 59.9 Å². The quantitative estimate of drug-likeness (QED) is 0.767. The number of ether oxygens (including phenoxy) is 1. The monoisotopic (exact) mass is 318 g/mol. The number of hydrogen-bond acceptors (Lipinski definition) is 3. The Morgan fingerprint density at radius 2 is 2.00 bits per heavy atom. The summed E-state index contributed by atoms with van der Waals surface area (Å²) in [4.78, 5) is 11.7. The van der Waals surface area contributed by atoms with E-state index in [4.69, 9.17) is 4.74 Å². The number of urea groups is 1. The first-order chi connectivity index (χ1) is 11.0. The van der Waals surface area contributed by atoms with Crippen molar-refractivity contribution >= 4 is 11.7 Å². The van der Waals surface area contributed by atoms with E-state index in [1.165, 1.54) is 24.3 Å². The largest absolute Gasteiger partial charge is 0.491 e. The van der Waals surface area contributed by atoms with Crippen LogP contribution in [0.5, 0.6) is 5.75 Å². The van der Waals surface area contributed by atoms with Crippen LogP contribution in [0, 0.1) is 12.7 Å². The first kappa shape index (κ1) is 16.8. The van der Waals surface area contributed by atoms with Gasteiger partial charge in [0, 0.05) is 12.2 Å². The van der Waals surface area contributed by atoms with Crippen LogP contribution < -0.4 is 15.4 Å². The summed E-state index contributed by atoms with van der Waals surface area (Å²) in [7, 11) is 0. The van der Waals surface area contributed by atoms with Crippen molar-refractivity contribution in [3.8, 4) is 5.75 Å². The summed E-state index contributed by atoms with van der Waals surface area (Å²) < 4.78 is 18.0. The van der Waals surface area contributed by atoms with Crippen molar-refractivity contribution in [1.82, 2.24) is 5.32 Å². The van der Waals surface area contributed by atoms with E-state index in [1.54, 1.807) is 6.07 Å². The van der Waals surface area contributed by atoms with Crippen LogP contribution in [-0.2, 0) is 0 Å². The first-order valence-electron chi connectivity index (χ1n) is 7.21. The van der Waals surface area contributed by atoms with E-state index in [0.717, 1.165) is 5.56 Å². The van der Waals surface area contributed by atoms with E-state index < -0.39 is 12.1 Å². The number of aryl methyl sites for hydroxylation is 1. The average molecular weight is 318 g/mol. The summed E-state index contributed by atoms with van der Waals surface area (Å²) in [5, 5.41) is 15.0. The zero-order valence-corrected chi connectivity index (χ0v) is 12.8. The van der Waals surface area contributed by atoms with Gasteiger partial charge in [0.1, 0.15) is 24.3 Å². The van der Waals surface area contributed by atoms with Gasteiger partial charge in [0.2, 0.25) is 0 Å². The molecule has 2 aromatic rings. The van der Waals surface area contributed by atoms with Crippen molar-refractivity contribution in [2.45, 2.75) is 13.0 Å². The Bertz CT molecular complexity index is 647. The Labute approximate surface area is 134 Å². The molecule has 0 bridgehead atoms. The third-order valence-corrected chi connectivity index (χ3v) is 3.03. The van der Waals surface area contributed by atoms with Crippen molar-refractivity contribution < 1.29 is 19.0 Å². The Morgan fingerprint density at radius 1 is 1.26 bits per heavy atom. The molecule has 5 nitrogen and oxygen atoms in total. The van der Waals surface area contributed by atoms with Gasteiger partial charge in [0.25, 0.3) is 0 Å². The van der Waals surface area contributed by atoms with Crippen LogP contribution in [0.1, 0.15) is 5.56 Å². The molecule has 0 heterocycles. The predicted molar refractivity (Wildman–Crippen MR) is 86.1 cm³/mol. The van der Waals surface area contributed by atoms with Gasteiger partial charge in [-0.2, -0.15) is 0 Å². The Hall–Kier alpha value is -2.60. The lowest BCUT2D eigenvalue weighted by molar-refractivity contribution is 0.108. The number of halogens is 1. The highest BCUT2D eigenvalue weighted by atomic mass is 19.1. The van der Waals surface area contributed by atoms with Crippen molar-refractivity contribution in [1.29, 1.82) is 0 Å². The minimum Gasteiger partial charge on any atom is -0.491 e. The number of carbonyl (C=O) groups is 1. The second-order valence-corrected chi connectivity index (χ2v) is 5.12. The van der Waals surface area contributed by atoms with Crippen LogP contribution in [0.2, 0.25) is 0 Å². The van der Waals surface area contributed by atoms with Crippen molar-refractivity contribution in [3.63, 3.8) is 0 Å². The molecule has 3 N–H and O–H groups in total. The summed E-state index contributed by atoms with van der Waals surface area (Å²) >= 11 is 0. The standard InChI is InChI=1S/C17H19FN2O3/c1-12-3-2-4-14(9-12)20-17(22)19-10-15(21)11-23-16-7-5-13(18)6-8-16/h2-9,15,21H,10-11H2,1H3,(H2,19,20,22). The molecular weight excluding hydrogens is 299 g/mol. The maximum atomic E-state index is 12.7. The van der Waals surface area contributed by atoms with Gasteiger partial charge in [-0.1, -0.05) is 12.1 Å². The van der Waals surface area contributed by atoms with E-state index in [0.29, 0.717) is 11.4 Å². The number of benzene rings is 2. The Morgan fingerprint density at radius 3 is 2.70 bits per heavy atom. The van der Waals surface area contributed by atoms with E-state index in [9.17, 15) is 14.3 Å². The fraction of sp³-hybridized carbons (Fsp3) is 0.235. The topological polar surface area (TPSA) is 70.6 Å². The number of anilines is 1. The van der Waals surface area contributed by atoms with Gasteiger partial charge in [0.05, 0.1) is 0 Å². The van der Waals surface area contributed by atoms with Gasteiger partial charge < -0.3 is 20.5 Å². The maximum Gasteiger partial charge on any atom is 0.319 e. The second-order valence-electron chi connectivity index (χ2n) is 5.12. The number of carbonyl (C=O) groups excluding carboxylic acids is 1. The smallest absolute Gasteiger partial charge is 0.319 e. The third kappa shape index (κ3) is 5.96. The first-order valence-corrected chi connectivity index (χ1v) is 7.21. The van der Waals surface area contributed by atoms with E-state index in [2.05, 4.69) is 10.6 Å². The van der Waals surface area contributed by atoms with Gasteiger partial charge in [-0.3, -0.25) is 0 Å². The number of aliphatic hydroxyl groups excluding tert-OH is 1. The van der Waals surface area contributed by atoms with Gasteiger partial charge >= 0.3 is 6.03 Å². The highest BCUT2D eigenvalue weighted by Crippen LogP contribution is 2.11. The molecule has 0 aliphatic rings. The minimum atomic E-state index is -0.872. The molecule has 0 saturated heterocycles. The molecule has 0 aromatic heterocycles. The van der Waals surface area contributed by atoms with Crippen LogP contribution in [-0.4, -0.2) is 30.4 Å². The number of hydrogen-bond donors (Lipinski definition) is 3. The predicted octanol–water partition coefficient (Wildman–Crippen LogP) is 2.70. The molecule has 0 aliphatic carbocycles. The molecular formula is C17H19FN2O3. The lowest BCUT2D eigenvalue weighted by Gasteiger charge is -2.14. The van der Waals surface area contributed by atoms with E-state index in [-0.39, 0.29) is 19.0 Å². The van der Waals surface area contributed by atoms with Gasteiger partial charge in [0.15, 0.2) is 0 Å². The number of rotatable bonds is 6. The third-order valence-electron chi connectivity index (χ3n) is 3.03. The summed E-state index contributed by atoms with van der Waals surface area (Å²) in [5.74, 6) is 0.0991. The maximum absolute atomic E-state index is 12.7. The zero-order chi connectivity index (χ0) is 16.7.